The fourth-order valence-corrected chi connectivity index (χ4v) is 1.42. The molecule has 5 heteroatoms. The topological polar surface area (TPSA) is 59.3 Å². The monoisotopic (exact) mass is 267 g/mol. The van der Waals surface area contributed by atoms with Crippen LogP contribution < -0.4 is 5.56 Å². The Bertz CT molecular complexity index is 575. The third-order valence-electron chi connectivity index (χ3n) is 2.23. The Morgan fingerprint density at radius 1 is 1.12 bits per heavy atom. The molecule has 1 heterocycles. The number of aromatic nitrogens is 1. The molecule has 0 aliphatic heterocycles. The SMILES string of the molecule is O=Cc1cccn(-c2ccc(O)cc2)c1=O.[Cr]. The van der Waals surface area contributed by atoms with E-state index in [1.54, 1.807) is 24.4 Å². The number of hydrogen-bond acceptors (Lipinski definition) is 3. The predicted octanol–water partition coefficient (Wildman–Crippen LogP) is 1.35. The number of aromatic hydroxyl groups is 1. The molecule has 0 amide bonds. The summed E-state index contributed by atoms with van der Waals surface area (Å²) in [6.45, 7) is 0. The van der Waals surface area contributed by atoms with E-state index in [0.29, 0.717) is 12.0 Å². The summed E-state index contributed by atoms with van der Waals surface area (Å²) in [5.41, 5.74) is 0.338. The van der Waals surface area contributed by atoms with Crippen LogP contribution in [0.3, 0.4) is 0 Å². The normalized spacial score (nSPS) is 9.41. The van der Waals surface area contributed by atoms with Crippen molar-refractivity contribution in [2.75, 3.05) is 0 Å². The van der Waals surface area contributed by atoms with Crippen LogP contribution >= 0.6 is 0 Å². The molecule has 0 radical (unpaired) electrons. The molecule has 0 aliphatic rings. The van der Waals surface area contributed by atoms with Crippen LogP contribution in [0.25, 0.3) is 5.69 Å². The van der Waals surface area contributed by atoms with Gasteiger partial charge >= 0.3 is 0 Å². The van der Waals surface area contributed by atoms with E-state index in [1.807, 2.05) is 0 Å². The Kier molecular flexibility index (Phi) is 4.27. The second-order valence-corrected chi connectivity index (χ2v) is 3.27. The van der Waals surface area contributed by atoms with Gasteiger partial charge in [0.2, 0.25) is 0 Å². The summed E-state index contributed by atoms with van der Waals surface area (Å²) in [4.78, 5) is 22.4. The summed E-state index contributed by atoms with van der Waals surface area (Å²) >= 11 is 0. The molecule has 0 saturated heterocycles. The molecule has 17 heavy (non-hydrogen) atoms. The first-order valence-corrected chi connectivity index (χ1v) is 4.68. The van der Waals surface area contributed by atoms with Gasteiger partial charge in [-0.1, -0.05) is 0 Å². The van der Waals surface area contributed by atoms with Crippen LogP contribution in [0.1, 0.15) is 10.4 Å². The molecular formula is C12H9CrNO3. The molecule has 4 nitrogen and oxygen atoms in total. The Labute approximate surface area is 108 Å². The molecule has 0 saturated carbocycles. The van der Waals surface area contributed by atoms with Crippen molar-refractivity contribution >= 4 is 6.29 Å². The van der Waals surface area contributed by atoms with Crippen molar-refractivity contribution in [3.8, 4) is 11.4 Å². The maximum atomic E-state index is 11.8. The first-order valence-electron chi connectivity index (χ1n) is 4.68. The summed E-state index contributed by atoms with van der Waals surface area (Å²) in [5.74, 6) is 0.128. The largest absolute Gasteiger partial charge is 0.508 e. The number of carbonyl (C=O) groups excluding carboxylic acids is 1. The van der Waals surface area contributed by atoms with Gasteiger partial charge < -0.3 is 5.11 Å². The van der Waals surface area contributed by atoms with Crippen LogP contribution in [0.15, 0.2) is 47.4 Å². The number of rotatable bonds is 2. The van der Waals surface area contributed by atoms with E-state index in [2.05, 4.69) is 0 Å². The Morgan fingerprint density at radius 3 is 2.35 bits per heavy atom. The zero-order chi connectivity index (χ0) is 11.5. The maximum Gasteiger partial charge on any atom is 0.265 e. The summed E-state index contributed by atoms with van der Waals surface area (Å²) in [7, 11) is 0. The van der Waals surface area contributed by atoms with E-state index in [0.717, 1.165) is 0 Å². The molecule has 2 rings (SSSR count). The van der Waals surface area contributed by atoms with E-state index in [-0.39, 0.29) is 34.2 Å². The fourth-order valence-electron chi connectivity index (χ4n) is 1.42. The third kappa shape index (κ3) is 2.65. The molecule has 0 aliphatic carbocycles. The quantitative estimate of drug-likeness (QED) is 0.836. The number of carbonyl (C=O) groups is 1. The zero-order valence-electron chi connectivity index (χ0n) is 8.74. The second kappa shape index (κ2) is 5.49. The molecule has 0 spiro atoms. The molecular weight excluding hydrogens is 258 g/mol. The third-order valence-corrected chi connectivity index (χ3v) is 2.23. The van der Waals surface area contributed by atoms with Gasteiger partial charge in [-0.25, -0.2) is 0 Å². The van der Waals surface area contributed by atoms with Crippen molar-refractivity contribution in [1.82, 2.24) is 4.57 Å². The van der Waals surface area contributed by atoms with Crippen LogP contribution in [0.4, 0.5) is 0 Å². The van der Waals surface area contributed by atoms with Crippen molar-refractivity contribution in [2.24, 2.45) is 0 Å². The van der Waals surface area contributed by atoms with Crippen LogP contribution in [0.2, 0.25) is 0 Å². The molecule has 86 valence electrons. The molecule has 0 unspecified atom stereocenters. The van der Waals surface area contributed by atoms with Crippen LogP contribution in [-0.4, -0.2) is 16.0 Å². The van der Waals surface area contributed by atoms with E-state index in [9.17, 15) is 9.59 Å². The summed E-state index contributed by atoms with van der Waals surface area (Å²) in [5, 5.41) is 9.13. The Balaban J connectivity index is 0.00000144. The smallest absolute Gasteiger partial charge is 0.265 e. The summed E-state index contributed by atoms with van der Waals surface area (Å²) in [6, 6.07) is 9.26. The number of hydrogen-bond donors (Lipinski definition) is 1. The Morgan fingerprint density at radius 2 is 1.76 bits per heavy atom. The molecule has 0 fully saturated rings. The average Bonchev–Trinajstić information content (AvgIpc) is 2.31. The zero-order valence-corrected chi connectivity index (χ0v) is 10.0. The molecule has 0 atom stereocenters. The van der Waals surface area contributed by atoms with Gasteiger partial charge in [-0.2, -0.15) is 0 Å². The molecule has 2 aromatic rings. The number of phenols is 1. The summed E-state index contributed by atoms with van der Waals surface area (Å²) < 4.78 is 1.35. The minimum atomic E-state index is -0.372. The predicted molar refractivity (Wildman–Crippen MR) is 59.1 cm³/mol. The summed E-state index contributed by atoms with van der Waals surface area (Å²) in [6.07, 6.45) is 2.10. The van der Waals surface area contributed by atoms with Gasteiger partial charge in [0.15, 0.2) is 6.29 Å². The van der Waals surface area contributed by atoms with Crippen LogP contribution in [0.5, 0.6) is 5.75 Å². The van der Waals surface area contributed by atoms with Gasteiger partial charge in [0.05, 0.1) is 5.56 Å². The van der Waals surface area contributed by atoms with Gasteiger partial charge in [-0.3, -0.25) is 14.2 Å². The minimum Gasteiger partial charge on any atom is -0.508 e. The van der Waals surface area contributed by atoms with Gasteiger partial charge in [-0.05, 0) is 36.4 Å². The minimum absolute atomic E-state index is 0. The average molecular weight is 267 g/mol. The number of benzene rings is 1. The second-order valence-electron chi connectivity index (χ2n) is 3.27. The van der Waals surface area contributed by atoms with Crippen LogP contribution in [0, 0.1) is 0 Å². The van der Waals surface area contributed by atoms with E-state index >= 15 is 0 Å². The van der Waals surface area contributed by atoms with Crippen molar-refractivity contribution in [3.05, 3.63) is 58.5 Å². The first-order chi connectivity index (χ1) is 7.72. The number of phenolic OH excluding ortho intramolecular Hbond substituents is 1. The van der Waals surface area contributed by atoms with Crippen molar-refractivity contribution in [2.45, 2.75) is 0 Å². The number of pyridine rings is 1. The first kappa shape index (κ1) is 13.2. The molecule has 1 N–H and O–H groups in total. The van der Waals surface area contributed by atoms with Gasteiger partial charge in [0.25, 0.3) is 5.56 Å². The van der Waals surface area contributed by atoms with E-state index < -0.39 is 0 Å². The van der Waals surface area contributed by atoms with E-state index in [1.165, 1.54) is 22.8 Å². The van der Waals surface area contributed by atoms with Gasteiger partial charge in [0, 0.05) is 29.2 Å². The van der Waals surface area contributed by atoms with Gasteiger partial charge in [-0.15, -0.1) is 0 Å². The van der Waals surface area contributed by atoms with Crippen molar-refractivity contribution in [3.63, 3.8) is 0 Å². The molecule has 1 aromatic carbocycles. The van der Waals surface area contributed by atoms with Gasteiger partial charge in [0.1, 0.15) is 5.75 Å². The van der Waals surface area contributed by atoms with Crippen LogP contribution in [-0.2, 0) is 17.4 Å². The standard InChI is InChI=1S/C12H9NO3.Cr/c14-8-9-2-1-7-13(12(9)16)10-3-5-11(15)6-4-10;/h1-8,15H;. The fraction of sp³-hybridized carbons (Fsp3) is 0. The Hall–Kier alpha value is -1.83. The molecule has 0 bridgehead atoms. The maximum absolute atomic E-state index is 11.8. The van der Waals surface area contributed by atoms with E-state index in [4.69, 9.17) is 5.11 Å². The number of aldehydes is 1. The molecule has 1 aromatic heterocycles. The number of nitrogens with zero attached hydrogens (tertiary/aromatic N) is 1. The van der Waals surface area contributed by atoms with Crippen molar-refractivity contribution in [1.29, 1.82) is 0 Å². The van der Waals surface area contributed by atoms with Crippen molar-refractivity contribution < 1.29 is 27.3 Å².